The first-order valence-corrected chi connectivity index (χ1v) is 10.8. The Bertz CT molecular complexity index is 1080. The van der Waals surface area contributed by atoms with Gasteiger partial charge in [0.05, 0.1) is 35.5 Å². The molecule has 0 radical (unpaired) electrons. The molecule has 0 spiro atoms. The number of ether oxygens (including phenoxy) is 1. The lowest BCUT2D eigenvalue weighted by Gasteiger charge is -2.40. The second-order valence-electron chi connectivity index (χ2n) is 7.07. The third kappa shape index (κ3) is 3.10. The van der Waals surface area contributed by atoms with Crippen LogP contribution in [0.25, 0.3) is 32.0 Å². The molecule has 142 valence electrons. The number of aliphatic hydroxyl groups excluding tert-OH is 1. The second kappa shape index (κ2) is 7.25. The number of hydrogen-bond acceptors (Lipinski definition) is 7. The lowest BCUT2D eigenvalue weighted by atomic mass is 9.87. The van der Waals surface area contributed by atoms with Gasteiger partial charge >= 0.3 is 0 Å². The van der Waals surface area contributed by atoms with Crippen molar-refractivity contribution in [2.45, 2.75) is 0 Å². The minimum Gasteiger partial charge on any atom is -0.396 e. The molecule has 1 aliphatic rings. The molecule has 5 rings (SSSR count). The maximum absolute atomic E-state index is 9.78. The average Bonchev–Trinajstić information content (AvgIpc) is 3.38. The van der Waals surface area contributed by atoms with Crippen molar-refractivity contribution in [1.82, 2.24) is 9.97 Å². The fourth-order valence-corrected chi connectivity index (χ4v) is 4.93. The zero-order valence-electron chi connectivity index (χ0n) is 15.1. The van der Waals surface area contributed by atoms with E-state index in [-0.39, 0.29) is 12.0 Å². The molecule has 0 amide bonds. The molecular weight excluding hydrogens is 390 g/mol. The normalized spacial score (nSPS) is 15.5. The Morgan fingerprint density at radius 1 is 1.07 bits per heavy atom. The number of aliphatic hydroxyl groups is 1. The van der Waals surface area contributed by atoms with Crippen LogP contribution in [0.1, 0.15) is 0 Å². The molecule has 5 nitrogen and oxygen atoms in total. The fraction of sp³-hybridized carbons (Fsp3) is 0.238. The van der Waals surface area contributed by atoms with Crippen molar-refractivity contribution in [3.05, 3.63) is 53.2 Å². The van der Waals surface area contributed by atoms with E-state index in [1.807, 2.05) is 35.7 Å². The van der Waals surface area contributed by atoms with Gasteiger partial charge < -0.3 is 15.2 Å². The molecule has 1 fully saturated rings. The predicted octanol–water partition coefficient (Wildman–Crippen LogP) is 4.51. The number of anilines is 1. The minimum atomic E-state index is -0.233. The van der Waals surface area contributed by atoms with Crippen LogP contribution < -0.4 is 5.32 Å². The van der Waals surface area contributed by atoms with Crippen LogP contribution >= 0.6 is 22.7 Å². The molecular formula is C21H19N3O2S2. The fourth-order valence-electron chi connectivity index (χ4n) is 3.33. The molecule has 2 N–H and O–H groups in total. The number of nitrogens with zero attached hydrogens (tertiary/aromatic N) is 2. The zero-order chi connectivity index (χ0) is 19.0. The molecule has 1 aliphatic heterocycles. The van der Waals surface area contributed by atoms with Gasteiger partial charge in [0, 0.05) is 17.5 Å². The molecule has 0 bridgehead atoms. The second-order valence-corrected chi connectivity index (χ2v) is 8.88. The maximum atomic E-state index is 9.78. The van der Waals surface area contributed by atoms with Gasteiger partial charge in [-0.25, -0.2) is 9.97 Å². The number of hydrogen-bond donors (Lipinski definition) is 2. The molecule has 0 atom stereocenters. The van der Waals surface area contributed by atoms with Gasteiger partial charge in [-0.2, -0.15) is 0 Å². The van der Waals surface area contributed by atoms with Crippen molar-refractivity contribution < 1.29 is 9.84 Å². The van der Waals surface area contributed by atoms with E-state index in [1.165, 1.54) is 0 Å². The van der Waals surface area contributed by atoms with Crippen molar-refractivity contribution in [3.8, 4) is 21.8 Å². The first kappa shape index (κ1) is 17.8. The monoisotopic (exact) mass is 409 g/mol. The van der Waals surface area contributed by atoms with Gasteiger partial charge in [0.2, 0.25) is 0 Å². The molecule has 1 aromatic carbocycles. The van der Waals surface area contributed by atoms with Gasteiger partial charge in [-0.05, 0) is 17.0 Å². The molecule has 0 aliphatic carbocycles. The highest BCUT2D eigenvalue weighted by molar-refractivity contribution is 7.17. The van der Waals surface area contributed by atoms with E-state index < -0.39 is 0 Å². The van der Waals surface area contributed by atoms with Crippen molar-refractivity contribution in [2.75, 3.05) is 31.7 Å². The molecule has 4 heterocycles. The Balaban J connectivity index is 1.62. The summed E-state index contributed by atoms with van der Waals surface area (Å²) in [7, 11) is 0. The molecule has 0 saturated carbocycles. The Morgan fingerprint density at radius 2 is 1.93 bits per heavy atom. The molecule has 28 heavy (non-hydrogen) atoms. The van der Waals surface area contributed by atoms with Crippen LogP contribution in [0.4, 0.5) is 5.82 Å². The van der Waals surface area contributed by atoms with E-state index in [4.69, 9.17) is 14.7 Å². The van der Waals surface area contributed by atoms with Crippen LogP contribution in [-0.2, 0) is 4.74 Å². The minimum absolute atomic E-state index is 0.0984. The quantitative estimate of drug-likeness (QED) is 0.491. The topological polar surface area (TPSA) is 67.3 Å². The van der Waals surface area contributed by atoms with Crippen LogP contribution in [0.2, 0.25) is 0 Å². The van der Waals surface area contributed by atoms with Crippen molar-refractivity contribution in [3.63, 3.8) is 0 Å². The maximum Gasteiger partial charge on any atom is 0.173 e. The van der Waals surface area contributed by atoms with Crippen LogP contribution in [0.15, 0.2) is 53.2 Å². The van der Waals surface area contributed by atoms with E-state index in [0.29, 0.717) is 19.8 Å². The lowest BCUT2D eigenvalue weighted by molar-refractivity contribution is -0.128. The summed E-state index contributed by atoms with van der Waals surface area (Å²) in [6, 6.07) is 14.4. The number of benzene rings is 1. The first-order valence-electron chi connectivity index (χ1n) is 9.09. The number of nitrogens with one attached hydrogen (secondary N) is 1. The summed E-state index contributed by atoms with van der Waals surface area (Å²) < 4.78 is 5.34. The third-order valence-corrected chi connectivity index (χ3v) is 6.78. The smallest absolute Gasteiger partial charge is 0.173 e. The van der Waals surface area contributed by atoms with E-state index >= 15 is 0 Å². The molecule has 7 heteroatoms. The molecule has 3 aromatic heterocycles. The molecule has 1 saturated heterocycles. The summed E-state index contributed by atoms with van der Waals surface area (Å²) in [6.45, 7) is 1.85. The molecule has 0 unspecified atom stereocenters. The van der Waals surface area contributed by atoms with Gasteiger partial charge in [0.15, 0.2) is 5.82 Å². The average molecular weight is 410 g/mol. The van der Waals surface area contributed by atoms with Gasteiger partial charge in [0.25, 0.3) is 0 Å². The standard InChI is InChI=1S/C21H19N3O2S2/c25-11-21(12-26-13-21)10-22-19-17-15(14-5-2-1-3-6-14)9-28-20(17)24-18(23-19)16-7-4-8-27-16/h1-9,25H,10-13H2,(H,22,23,24). The predicted molar refractivity (Wildman–Crippen MR) is 115 cm³/mol. The van der Waals surface area contributed by atoms with E-state index in [2.05, 4.69) is 22.8 Å². The van der Waals surface area contributed by atoms with Gasteiger partial charge in [-0.15, -0.1) is 22.7 Å². The van der Waals surface area contributed by atoms with Crippen LogP contribution in [0, 0.1) is 5.41 Å². The van der Waals surface area contributed by atoms with Crippen LogP contribution in [0.3, 0.4) is 0 Å². The number of fused-ring (bicyclic) bond motifs is 1. The zero-order valence-corrected chi connectivity index (χ0v) is 16.7. The van der Waals surface area contributed by atoms with E-state index in [0.717, 1.165) is 37.9 Å². The Morgan fingerprint density at radius 3 is 2.61 bits per heavy atom. The SMILES string of the molecule is OCC1(CNc2nc(-c3cccs3)nc3scc(-c4ccccc4)c23)COC1. The first-order chi connectivity index (χ1) is 13.8. The van der Waals surface area contributed by atoms with E-state index in [9.17, 15) is 5.11 Å². The van der Waals surface area contributed by atoms with Crippen molar-refractivity contribution in [2.24, 2.45) is 5.41 Å². The number of rotatable bonds is 6. The van der Waals surface area contributed by atoms with E-state index in [1.54, 1.807) is 22.7 Å². The Kier molecular flexibility index (Phi) is 4.60. The van der Waals surface area contributed by atoms with Crippen LogP contribution in [0.5, 0.6) is 0 Å². The summed E-state index contributed by atoms with van der Waals surface area (Å²) in [6.07, 6.45) is 0. The largest absolute Gasteiger partial charge is 0.396 e. The summed E-state index contributed by atoms with van der Waals surface area (Å²) in [5.74, 6) is 1.54. The summed E-state index contributed by atoms with van der Waals surface area (Å²) in [4.78, 5) is 11.7. The Hall–Kier alpha value is -2.32. The molecule has 4 aromatic rings. The van der Waals surface area contributed by atoms with Gasteiger partial charge in [-0.1, -0.05) is 36.4 Å². The highest BCUT2D eigenvalue weighted by Gasteiger charge is 2.38. The van der Waals surface area contributed by atoms with Crippen LogP contribution in [-0.4, -0.2) is 41.4 Å². The highest BCUT2D eigenvalue weighted by Crippen LogP contribution is 2.39. The third-order valence-electron chi connectivity index (χ3n) is 5.04. The summed E-state index contributed by atoms with van der Waals surface area (Å²) in [5, 5.41) is 18.5. The highest BCUT2D eigenvalue weighted by atomic mass is 32.1. The number of aromatic nitrogens is 2. The van der Waals surface area contributed by atoms with Gasteiger partial charge in [-0.3, -0.25) is 0 Å². The lowest BCUT2D eigenvalue weighted by Crippen LogP contribution is -2.50. The van der Waals surface area contributed by atoms with Crippen molar-refractivity contribution in [1.29, 1.82) is 0 Å². The van der Waals surface area contributed by atoms with Gasteiger partial charge in [0.1, 0.15) is 10.6 Å². The number of thiophene rings is 2. The summed E-state index contributed by atoms with van der Waals surface area (Å²) in [5.41, 5.74) is 2.04. The Labute approximate surface area is 170 Å². The summed E-state index contributed by atoms with van der Waals surface area (Å²) >= 11 is 3.26. The van der Waals surface area contributed by atoms with Crippen molar-refractivity contribution >= 4 is 38.7 Å².